The molecule has 1 aliphatic carbocycles. The predicted octanol–water partition coefficient (Wildman–Crippen LogP) is 4.14. The molecule has 1 aliphatic rings. The predicted molar refractivity (Wildman–Crippen MR) is 123 cm³/mol. The van der Waals surface area contributed by atoms with E-state index in [4.69, 9.17) is 14.5 Å². The zero-order valence-corrected chi connectivity index (χ0v) is 18.6. The molecule has 0 saturated carbocycles. The van der Waals surface area contributed by atoms with Crippen LogP contribution in [0.5, 0.6) is 0 Å². The van der Waals surface area contributed by atoms with E-state index in [1.54, 1.807) is 14.2 Å². The number of nitrogens with one attached hydrogen (secondary N) is 1. The highest BCUT2D eigenvalue weighted by Gasteiger charge is 2.58. The normalized spacial score (nSPS) is 19.7. The van der Waals surface area contributed by atoms with Gasteiger partial charge < -0.3 is 15.2 Å². The van der Waals surface area contributed by atoms with Gasteiger partial charge in [0.1, 0.15) is 11.7 Å². The first-order valence-corrected chi connectivity index (χ1v) is 10.8. The Morgan fingerprint density at radius 3 is 2.13 bits per heavy atom. The largest absolute Gasteiger partial charge is 0.395 e. The summed E-state index contributed by atoms with van der Waals surface area (Å²) in [5, 5.41) is 12.7. The summed E-state index contributed by atoms with van der Waals surface area (Å²) in [7, 11) is 3.30. The summed E-state index contributed by atoms with van der Waals surface area (Å²) < 4.78 is 6.43. The van der Waals surface area contributed by atoms with Gasteiger partial charge in [-0.05, 0) is 23.6 Å². The molecule has 2 atom stereocenters. The summed E-state index contributed by atoms with van der Waals surface area (Å²) in [6.07, 6.45) is 7.15. The monoisotopic (exact) mass is 423 g/mol. The third-order valence-electron chi connectivity index (χ3n) is 6.14. The summed E-state index contributed by atoms with van der Waals surface area (Å²) >= 11 is 0. The van der Waals surface area contributed by atoms with E-state index in [2.05, 4.69) is 42.6 Å². The number of allylic oxidation sites excluding steroid dienone is 2. The fraction of sp³-hybridized carbons (Fsp3) is 0.385. The second-order valence-corrected chi connectivity index (χ2v) is 7.67. The molecule has 0 bridgehead atoms. The molecule has 2 unspecified atom stereocenters. The van der Waals surface area contributed by atoms with E-state index >= 15 is 0 Å². The van der Waals surface area contributed by atoms with Crippen LogP contribution < -0.4 is 5.32 Å². The molecule has 0 saturated heterocycles. The molecule has 5 heteroatoms. The molecule has 2 aromatic rings. The summed E-state index contributed by atoms with van der Waals surface area (Å²) in [5.74, 6) is 0. The average molecular weight is 424 g/mol. The second-order valence-electron chi connectivity index (χ2n) is 7.67. The fourth-order valence-corrected chi connectivity index (χ4v) is 4.89. The smallest absolute Gasteiger partial charge is 0.109 e. The van der Waals surface area contributed by atoms with Crippen LogP contribution in [0.15, 0.2) is 84.6 Å². The van der Waals surface area contributed by atoms with Crippen LogP contribution in [0.25, 0.3) is 0 Å². The lowest BCUT2D eigenvalue weighted by Gasteiger charge is -2.53. The van der Waals surface area contributed by atoms with Crippen molar-refractivity contribution < 1.29 is 19.6 Å². The van der Waals surface area contributed by atoms with Crippen LogP contribution in [0.4, 0.5) is 0 Å². The van der Waals surface area contributed by atoms with Crippen LogP contribution in [-0.2, 0) is 19.9 Å². The molecule has 0 spiro atoms. The van der Waals surface area contributed by atoms with Gasteiger partial charge in [-0.3, -0.25) is 0 Å². The molecule has 5 nitrogen and oxygen atoms in total. The van der Waals surface area contributed by atoms with Gasteiger partial charge in [-0.25, -0.2) is 9.78 Å². The minimum Gasteiger partial charge on any atom is -0.395 e. The molecular formula is C26H33NO4. The molecule has 2 N–H and O–H groups in total. The number of benzene rings is 2. The van der Waals surface area contributed by atoms with Gasteiger partial charge in [0.25, 0.3) is 0 Å². The number of rotatable bonds is 11. The van der Waals surface area contributed by atoms with Gasteiger partial charge in [0, 0.05) is 25.8 Å². The molecule has 2 aromatic carbocycles. The summed E-state index contributed by atoms with van der Waals surface area (Å²) in [4.78, 5) is 11.2. The molecule has 0 fully saturated rings. The highest BCUT2D eigenvalue weighted by atomic mass is 17.2. The van der Waals surface area contributed by atoms with Crippen LogP contribution in [0.2, 0.25) is 0 Å². The van der Waals surface area contributed by atoms with Crippen molar-refractivity contribution >= 4 is 0 Å². The van der Waals surface area contributed by atoms with E-state index in [1.807, 2.05) is 48.6 Å². The van der Waals surface area contributed by atoms with Crippen LogP contribution in [0.1, 0.15) is 30.9 Å². The Morgan fingerprint density at radius 1 is 1.03 bits per heavy atom. The van der Waals surface area contributed by atoms with E-state index in [0.717, 1.165) is 16.8 Å². The lowest BCUT2D eigenvalue weighted by molar-refractivity contribution is -0.325. The van der Waals surface area contributed by atoms with Crippen molar-refractivity contribution in [3.8, 4) is 0 Å². The Morgan fingerprint density at radius 2 is 1.65 bits per heavy atom. The van der Waals surface area contributed by atoms with Crippen LogP contribution in [0, 0.1) is 0 Å². The lowest BCUT2D eigenvalue weighted by Crippen LogP contribution is -2.61. The highest BCUT2D eigenvalue weighted by Crippen LogP contribution is 2.52. The first-order valence-electron chi connectivity index (χ1n) is 10.8. The van der Waals surface area contributed by atoms with E-state index in [1.165, 1.54) is 0 Å². The number of aliphatic hydroxyl groups excluding tert-OH is 1. The first-order chi connectivity index (χ1) is 15.2. The van der Waals surface area contributed by atoms with Crippen molar-refractivity contribution in [1.29, 1.82) is 0 Å². The Labute approximate surface area is 185 Å². The zero-order chi connectivity index (χ0) is 22.2. The van der Waals surface area contributed by atoms with Crippen molar-refractivity contribution in [2.24, 2.45) is 0 Å². The summed E-state index contributed by atoms with van der Waals surface area (Å²) in [6, 6.07) is 20.7. The Bertz CT molecular complexity index is 826. The quantitative estimate of drug-likeness (QED) is 0.420. The van der Waals surface area contributed by atoms with Crippen LogP contribution in [0.3, 0.4) is 0 Å². The third kappa shape index (κ3) is 4.32. The van der Waals surface area contributed by atoms with Crippen molar-refractivity contribution in [2.45, 2.75) is 36.9 Å². The maximum atomic E-state index is 9.32. The van der Waals surface area contributed by atoms with Gasteiger partial charge in [-0.1, -0.05) is 79.7 Å². The minimum atomic E-state index is -0.762. The van der Waals surface area contributed by atoms with Crippen molar-refractivity contribution in [3.63, 3.8) is 0 Å². The minimum absolute atomic E-state index is 0.0634. The van der Waals surface area contributed by atoms with Gasteiger partial charge in [0.15, 0.2) is 0 Å². The van der Waals surface area contributed by atoms with Crippen molar-refractivity contribution in [2.75, 3.05) is 27.4 Å². The van der Waals surface area contributed by atoms with Gasteiger partial charge in [0.2, 0.25) is 0 Å². The van der Waals surface area contributed by atoms with Gasteiger partial charge in [0.05, 0.1) is 19.1 Å². The topological polar surface area (TPSA) is 60.0 Å². The van der Waals surface area contributed by atoms with Crippen molar-refractivity contribution in [1.82, 2.24) is 5.32 Å². The maximum Gasteiger partial charge on any atom is 0.109 e. The molecule has 0 radical (unpaired) electrons. The molecule has 0 aromatic heterocycles. The zero-order valence-electron chi connectivity index (χ0n) is 18.6. The fourth-order valence-electron chi connectivity index (χ4n) is 4.89. The standard InChI is InChI=1S/C26H33NO4/c1-4-24(31-30-3)26(21-12-7-5-8-13-21,22-14-9-6-10-15-22)25(29-2)17-11-16-23(20-25)27-18-19-28/h5-17,24,27-28H,4,18-20H2,1-3H3. The average Bonchev–Trinajstić information content (AvgIpc) is 2.84. The Balaban J connectivity index is 2.31. The molecule has 0 aliphatic heterocycles. The highest BCUT2D eigenvalue weighted by molar-refractivity contribution is 5.50. The maximum absolute atomic E-state index is 9.32. The molecule has 0 amide bonds. The number of aliphatic hydroxyl groups is 1. The number of methoxy groups -OCH3 is 1. The second kappa shape index (κ2) is 10.7. The molecule has 0 heterocycles. The molecule has 3 rings (SSSR count). The van der Waals surface area contributed by atoms with E-state index in [-0.39, 0.29) is 12.7 Å². The van der Waals surface area contributed by atoms with Crippen LogP contribution in [-0.4, -0.2) is 44.2 Å². The van der Waals surface area contributed by atoms with Gasteiger partial charge in [-0.2, -0.15) is 0 Å². The lowest BCUT2D eigenvalue weighted by atomic mass is 9.57. The van der Waals surface area contributed by atoms with Crippen molar-refractivity contribution in [3.05, 3.63) is 95.7 Å². The Hall–Kier alpha value is -2.44. The SMILES string of the molecule is CCC(OOC)C(c1ccccc1)(c1ccccc1)C1(OC)C=CC=C(NCCO)C1. The number of ether oxygens (including phenoxy) is 1. The summed E-state index contributed by atoms with van der Waals surface area (Å²) in [5.41, 5.74) is 1.70. The Kier molecular flexibility index (Phi) is 8.04. The first kappa shape index (κ1) is 23.2. The number of hydrogen-bond acceptors (Lipinski definition) is 5. The molecular weight excluding hydrogens is 390 g/mol. The number of hydrogen-bond donors (Lipinski definition) is 2. The van der Waals surface area contributed by atoms with E-state index in [0.29, 0.717) is 19.4 Å². The van der Waals surface area contributed by atoms with Gasteiger partial charge in [-0.15, -0.1) is 0 Å². The third-order valence-corrected chi connectivity index (χ3v) is 6.14. The molecule has 166 valence electrons. The van der Waals surface area contributed by atoms with Crippen LogP contribution >= 0.6 is 0 Å². The van der Waals surface area contributed by atoms with E-state index in [9.17, 15) is 5.11 Å². The molecule has 31 heavy (non-hydrogen) atoms. The van der Waals surface area contributed by atoms with Gasteiger partial charge >= 0.3 is 0 Å². The summed E-state index contributed by atoms with van der Waals surface area (Å²) in [6.45, 7) is 2.64. The van der Waals surface area contributed by atoms with E-state index < -0.39 is 11.0 Å².